The molecule has 0 fully saturated rings. The normalized spacial score (nSPS) is 11.3. The van der Waals surface area contributed by atoms with Gasteiger partial charge in [-0.3, -0.25) is 14.6 Å². The van der Waals surface area contributed by atoms with Crippen molar-refractivity contribution in [2.75, 3.05) is 11.9 Å². The van der Waals surface area contributed by atoms with Crippen molar-refractivity contribution in [3.8, 4) is 0 Å². The molecular formula is C19H21N3O4. The van der Waals surface area contributed by atoms with Crippen molar-refractivity contribution in [2.45, 2.75) is 26.9 Å². The number of hydrogen-bond acceptors (Lipinski definition) is 5. The maximum atomic E-state index is 12.0. The molecular weight excluding hydrogens is 334 g/mol. The van der Waals surface area contributed by atoms with Gasteiger partial charge in [-0.1, -0.05) is 18.2 Å². The molecule has 0 bridgehead atoms. The Hall–Kier alpha value is -3.22. The Kier molecular flexibility index (Phi) is 6.43. The fourth-order valence-electron chi connectivity index (χ4n) is 2.27. The number of amides is 2. The summed E-state index contributed by atoms with van der Waals surface area (Å²) in [5, 5.41) is 5.22. The third-order valence-corrected chi connectivity index (χ3v) is 3.72. The summed E-state index contributed by atoms with van der Waals surface area (Å²) in [6.45, 7) is 5.00. The quantitative estimate of drug-likeness (QED) is 0.773. The molecule has 0 saturated carbocycles. The Morgan fingerprint density at radius 3 is 2.42 bits per heavy atom. The second-order valence-electron chi connectivity index (χ2n) is 5.82. The van der Waals surface area contributed by atoms with Crippen LogP contribution >= 0.6 is 0 Å². The zero-order valence-electron chi connectivity index (χ0n) is 14.9. The highest BCUT2D eigenvalue weighted by Gasteiger charge is 2.19. The number of carbonyl (C=O) groups excluding carboxylic acids is 3. The van der Waals surface area contributed by atoms with Crippen LogP contribution in [0.25, 0.3) is 0 Å². The van der Waals surface area contributed by atoms with Crippen LogP contribution in [0.15, 0.2) is 42.7 Å². The third-order valence-electron chi connectivity index (χ3n) is 3.72. The first-order valence-electron chi connectivity index (χ1n) is 8.13. The number of anilines is 1. The fraction of sp³-hybridized carbons (Fsp3) is 0.263. The van der Waals surface area contributed by atoms with Gasteiger partial charge in [0.2, 0.25) is 5.91 Å². The van der Waals surface area contributed by atoms with E-state index in [0.717, 1.165) is 16.8 Å². The molecule has 0 spiro atoms. The first-order chi connectivity index (χ1) is 12.4. The number of nitrogens with one attached hydrogen (secondary N) is 2. The number of pyridine rings is 1. The van der Waals surface area contributed by atoms with E-state index in [9.17, 15) is 14.4 Å². The van der Waals surface area contributed by atoms with Crippen LogP contribution in [0.2, 0.25) is 0 Å². The van der Waals surface area contributed by atoms with Gasteiger partial charge in [-0.15, -0.1) is 0 Å². The number of esters is 1. The summed E-state index contributed by atoms with van der Waals surface area (Å²) in [6.07, 6.45) is 1.85. The molecule has 7 heteroatoms. The van der Waals surface area contributed by atoms with Crippen molar-refractivity contribution in [3.63, 3.8) is 0 Å². The van der Waals surface area contributed by atoms with Gasteiger partial charge in [0.15, 0.2) is 6.10 Å². The van der Waals surface area contributed by atoms with E-state index < -0.39 is 18.0 Å². The molecule has 0 aliphatic heterocycles. The van der Waals surface area contributed by atoms with Gasteiger partial charge in [-0.25, -0.2) is 4.79 Å². The average molecular weight is 355 g/mol. The lowest BCUT2D eigenvalue weighted by atomic mass is 10.1. The summed E-state index contributed by atoms with van der Waals surface area (Å²) in [6, 6.07) is 8.82. The van der Waals surface area contributed by atoms with Crippen molar-refractivity contribution < 1.29 is 19.1 Å². The molecule has 2 aromatic rings. The van der Waals surface area contributed by atoms with E-state index in [0.29, 0.717) is 0 Å². The van der Waals surface area contributed by atoms with Crippen molar-refractivity contribution in [3.05, 3.63) is 59.4 Å². The molecule has 2 rings (SSSR count). The number of nitrogens with zero attached hydrogens (tertiary/aromatic N) is 1. The van der Waals surface area contributed by atoms with Gasteiger partial charge >= 0.3 is 5.97 Å². The summed E-state index contributed by atoms with van der Waals surface area (Å²) in [5.41, 5.74) is 2.84. The highest BCUT2D eigenvalue weighted by Crippen LogP contribution is 2.18. The second kappa shape index (κ2) is 8.75. The molecule has 136 valence electrons. The van der Waals surface area contributed by atoms with Gasteiger partial charge in [0.25, 0.3) is 5.91 Å². The monoisotopic (exact) mass is 355 g/mol. The van der Waals surface area contributed by atoms with Gasteiger partial charge in [0.1, 0.15) is 0 Å². The number of aromatic nitrogens is 1. The van der Waals surface area contributed by atoms with Crippen LogP contribution in [0.4, 0.5) is 5.69 Å². The molecule has 0 unspecified atom stereocenters. The standard InChI is InChI=1S/C19H21N3O4/c1-12-6-4-7-13(2)17(12)22-16(23)11-21-18(24)14(3)26-19(25)15-8-5-9-20-10-15/h4-10,14H,11H2,1-3H3,(H,21,24)(H,22,23)/t14-/m0/s1. The van der Waals surface area contributed by atoms with Gasteiger partial charge in [-0.2, -0.15) is 0 Å². The third kappa shape index (κ3) is 5.14. The van der Waals surface area contributed by atoms with E-state index in [1.807, 2.05) is 32.0 Å². The Labute approximate surface area is 151 Å². The Bertz CT molecular complexity index is 785. The molecule has 1 heterocycles. The van der Waals surface area contributed by atoms with Crippen molar-refractivity contribution in [1.29, 1.82) is 0 Å². The number of aryl methyl sites for hydroxylation is 2. The van der Waals surface area contributed by atoms with Gasteiger partial charge in [0, 0.05) is 18.1 Å². The maximum absolute atomic E-state index is 12.0. The predicted molar refractivity (Wildman–Crippen MR) is 96.7 cm³/mol. The molecule has 1 aromatic heterocycles. The molecule has 2 N–H and O–H groups in total. The van der Waals surface area contributed by atoms with Gasteiger partial charge in [-0.05, 0) is 44.0 Å². The molecule has 1 aromatic carbocycles. The average Bonchev–Trinajstić information content (AvgIpc) is 2.63. The van der Waals surface area contributed by atoms with Crippen LogP contribution in [0.3, 0.4) is 0 Å². The van der Waals surface area contributed by atoms with E-state index in [1.165, 1.54) is 25.4 Å². The van der Waals surface area contributed by atoms with E-state index in [-0.39, 0.29) is 18.0 Å². The Morgan fingerprint density at radius 2 is 1.81 bits per heavy atom. The summed E-state index contributed by atoms with van der Waals surface area (Å²) in [5.74, 6) is -1.57. The van der Waals surface area contributed by atoms with E-state index in [4.69, 9.17) is 4.74 Å². The van der Waals surface area contributed by atoms with Crippen molar-refractivity contribution >= 4 is 23.5 Å². The summed E-state index contributed by atoms with van der Waals surface area (Å²) < 4.78 is 5.06. The van der Waals surface area contributed by atoms with E-state index >= 15 is 0 Å². The van der Waals surface area contributed by atoms with Crippen molar-refractivity contribution in [2.24, 2.45) is 0 Å². The number of hydrogen-bond donors (Lipinski definition) is 2. The van der Waals surface area contributed by atoms with Crippen LogP contribution in [-0.2, 0) is 14.3 Å². The van der Waals surface area contributed by atoms with E-state index in [2.05, 4.69) is 15.6 Å². The van der Waals surface area contributed by atoms with E-state index in [1.54, 1.807) is 6.07 Å². The highest BCUT2D eigenvalue weighted by molar-refractivity contribution is 5.97. The molecule has 2 amide bonds. The van der Waals surface area contributed by atoms with Crippen LogP contribution in [-0.4, -0.2) is 35.4 Å². The minimum Gasteiger partial charge on any atom is -0.449 e. The minimum atomic E-state index is -1.03. The number of para-hydroxylation sites is 1. The lowest BCUT2D eigenvalue weighted by Gasteiger charge is -2.14. The highest BCUT2D eigenvalue weighted by atomic mass is 16.5. The zero-order valence-corrected chi connectivity index (χ0v) is 14.9. The molecule has 0 aliphatic carbocycles. The minimum absolute atomic E-state index is 0.221. The first-order valence-corrected chi connectivity index (χ1v) is 8.13. The molecule has 0 radical (unpaired) electrons. The smallest absolute Gasteiger partial charge is 0.340 e. The van der Waals surface area contributed by atoms with Crippen LogP contribution < -0.4 is 10.6 Å². The molecule has 7 nitrogen and oxygen atoms in total. The topological polar surface area (TPSA) is 97.4 Å². The molecule has 0 aliphatic rings. The lowest BCUT2D eigenvalue weighted by molar-refractivity contribution is -0.130. The number of ether oxygens (including phenoxy) is 1. The fourth-order valence-corrected chi connectivity index (χ4v) is 2.27. The first kappa shape index (κ1) is 19.1. The zero-order chi connectivity index (χ0) is 19.1. The molecule has 0 saturated heterocycles. The number of carbonyl (C=O) groups is 3. The Balaban J connectivity index is 1.84. The number of rotatable bonds is 6. The van der Waals surface area contributed by atoms with Gasteiger partial charge in [0.05, 0.1) is 12.1 Å². The second-order valence-corrected chi connectivity index (χ2v) is 5.82. The van der Waals surface area contributed by atoms with Gasteiger partial charge < -0.3 is 15.4 Å². The van der Waals surface area contributed by atoms with Crippen LogP contribution in [0.5, 0.6) is 0 Å². The Morgan fingerprint density at radius 1 is 1.12 bits per heavy atom. The molecule has 26 heavy (non-hydrogen) atoms. The number of benzene rings is 1. The summed E-state index contributed by atoms with van der Waals surface area (Å²) in [7, 11) is 0. The summed E-state index contributed by atoms with van der Waals surface area (Å²) in [4.78, 5) is 39.8. The van der Waals surface area contributed by atoms with Crippen LogP contribution in [0.1, 0.15) is 28.4 Å². The lowest BCUT2D eigenvalue weighted by Crippen LogP contribution is -2.40. The summed E-state index contributed by atoms with van der Waals surface area (Å²) >= 11 is 0. The molecule has 1 atom stereocenters. The predicted octanol–water partition coefficient (Wildman–Crippen LogP) is 2.00. The van der Waals surface area contributed by atoms with Crippen LogP contribution in [0, 0.1) is 13.8 Å². The SMILES string of the molecule is Cc1cccc(C)c1NC(=O)CNC(=O)[C@H](C)OC(=O)c1cccnc1. The largest absolute Gasteiger partial charge is 0.449 e. The maximum Gasteiger partial charge on any atom is 0.340 e. The van der Waals surface area contributed by atoms with Crippen molar-refractivity contribution in [1.82, 2.24) is 10.3 Å².